The van der Waals surface area contributed by atoms with Gasteiger partial charge in [-0.25, -0.2) is 4.39 Å². The van der Waals surface area contributed by atoms with Crippen molar-refractivity contribution in [1.29, 1.82) is 0 Å². The molecule has 0 heterocycles. The first kappa shape index (κ1) is 14.3. The Morgan fingerprint density at radius 1 is 1.32 bits per heavy atom. The van der Waals surface area contributed by atoms with Crippen LogP contribution in [0, 0.1) is 15.9 Å². The van der Waals surface area contributed by atoms with Crippen molar-refractivity contribution in [2.45, 2.75) is 18.4 Å². The molecule has 1 N–H and O–H groups in total. The molecular formula is C16H15FN2O3. The maximum absolute atomic E-state index is 13.2. The van der Waals surface area contributed by atoms with Gasteiger partial charge in [-0.3, -0.25) is 10.1 Å². The molecule has 1 saturated carbocycles. The molecule has 0 saturated heterocycles. The maximum Gasteiger partial charge on any atom is 0.311 e. The summed E-state index contributed by atoms with van der Waals surface area (Å²) in [5.74, 6) is 0.245. The Morgan fingerprint density at radius 2 is 2.14 bits per heavy atom. The van der Waals surface area contributed by atoms with Gasteiger partial charge < -0.3 is 10.1 Å². The van der Waals surface area contributed by atoms with Gasteiger partial charge in [0.15, 0.2) is 5.75 Å². The molecule has 1 fully saturated rings. The highest BCUT2D eigenvalue weighted by molar-refractivity contribution is 5.59. The van der Waals surface area contributed by atoms with E-state index in [2.05, 4.69) is 5.32 Å². The standard InChI is InChI=1S/C16H15FN2O3/c1-22-16-8-12(5-6-15(16)19(20)21)18-14-9-13(14)10-3-2-4-11(17)7-10/h2-8,13-14,18H,9H2,1H3/t13-,14+/m0/s1. The quantitative estimate of drug-likeness (QED) is 0.675. The van der Waals surface area contributed by atoms with Gasteiger partial charge in [-0.05, 0) is 30.2 Å². The number of nitro groups is 1. The maximum atomic E-state index is 13.2. The molecule has 0 unspecified atom stereocenters. The predicted octanol–water partition coefficient (Wildman–Crippen LogP) is 3.71. The minimum absolute atomic E-state index is 0.0643. The minimum Gasteiger partial charge on any atom is -0.490 e. The third-order valence-electron chi connectivity index (χ3n) is 3.80. The summed E-state index contributed by atoms with van der Waals surface area (Å²) in [5, 5.41) is 14.2. The van der Waals surface area contributed by atoms with Gasteiger partial charge in [0.2, 0.25) is 0 Å². The number of rotatable bonds is 5. The fraction of sp³-hybridized carbons (Fsp3) is 0.250. The molecule has 2 aromatic carbocycles. The molecule has 1 aliphatic rings. The molecule has 1 aliphatic carbocycles. The van der Waals surface area contributed by atoms with Crippen LogP contribution in [0.1, 0.15) is 17.9 Å². The monoisotopic (exact) mass is 302 g/mol. The van der Waals surface area contributed by atoms with Gasteiger partial charge in [-0.2, -0.15) is 0 Å². The SMILES string of the molecule is COc1cc(N[C@@H]2C[C@H]2c2cccc(F)c2)ccc1[N+](=O)[O-]. The van der Waals surface area contributed by atoms with Crippen LogP contribution in [-0.2, 0) is 0 Å². The summed E-state index contributed by atoms with van der Waals surface area (Å²) < 4.78 is 18.3. The Bertz CT molecular complexity index is 720. The van der Waals surface area contributed by atoms with Crippen LogP contribution in [0.2, 0.25) is 0 Å². The van der Waals surface area contributed by atoms with E-state index in [0.717, 1.165) is 17.7 Å². The molecule has 22 heavy (non-hydrogen) atoms. The van der Waals surface area contributed by atoms with E-state index < -0.39 is 4.92 Å². The first-order valence-corrected chi connectivity index (χ1v) is 6.93. The van der Waals surface area contributed by atoms with Crippen molar-refractivity contribution < 1.29 is 14.1 Å². The van der Waals surface area contributed by atoms with Crippen molar-refractivity contribution in [2.75, 3.05) is 12.4 Å². The van der Waals surface area contributed by atoms with E-state index >= 15 is 0 Å². The highest BCUT2D eigenvalue weighted by atomic mass is 19.1. The summed E-state index contributed by atoms with van der Waals surface area (Å²) >= 11 is 0. The van der Waals surface area contributed by atoms with Crippen LogP contribution in [0.15, 0.2) is 42.5 Å². The molecule has 0 bridgehead atoms. The van der Waals surface area contributed by atoms with Crippen molar-refractivity contribution >= 4 is 11.4 Å². The molecule has 0 spiro atoms. The topological polar surface area (TPSA) is 64.4 Å². The zero-order chi connectivity index (χ0) is 15.7. The van der Waals surface area contributed by atoms with Crippen molar-refractivity contribution in [3.05, 3.63) is 64.0 Å². The van der Waals surface area contributed by atoms with Crippen LogP contribution in [0.5, 0.6) is 5.75 Å². The highest BCUT2D eigenvalue weighted by Gasteiger charge is 2.38. The van der Waals surface area contributed by atoms with Gasteiger partial charge in [0.05, 0.1) is 12.0 Å². The van der Waals surface area contributed by atoms with E-state index in [1.807, 2.05) is 6.07 Å². The van der Waals surface area contributed by atoms with E-state index in [0.29, 0.717) is 0 Å². The molecule has 2 aromatic rings. The average molecular weight is 302 g/mol. The molecule has 3 rings (SSSR count). The molecule has 0 aromatic heterocycles. The molecule has 2 atom stereocenters. The zero-order valence-electron chi connectivity index (χ0n) is 12.0. The first-order chi connectivity index (χ1) is 10.6. The van der Waals surface area contributed by atoms with Crippen LogP contribution < -0.4 is 10.1 Å². The van der Waals surface area contributed by atoms with Crippen LogP contribution >= 0.6 is 0 Å². The third-order valence-corrected chi connectivity index (χ3v) is 3.80. The second kappa shape index (κ2) is 5.63. The molecule has 0 amide bonds. The van der Waals surface area contributed by atoms with Crippen LogP contribution in [0.25, 0.3) is 0 Å². The number of benzene rings is 2. The minimum atomic E-state index is -0.477. The number of nitrogens with one attached hydrogen (secondary N) is 1. The largest absolute Gasteiger partial charge is 0.490 e. The lowest BCUT2D eigenvalue weighted by molar-refractivity contribution is -0.385. The Kier molecular flexibility index (Phi) is 3.66. The summed E-state index contributed by atoms with van der Waals surface area (Å²) in [4.78, 5) is 10.4. The number of ether oxygens (including phenoxy) is 1. The average Bonchev–Trinajstić information content (AvgIpc) is 3.26. The van der Waals surface area contributed by atoms with Gasteiger partial charge in [-0.15, -0.1) is 0 Å². The Balaban J connectivity index is 1.71. The second-order valence-electron chi connectivity index (χ2n) is 5.29. The molecular weight excluding hydrogens is 287 g/mol. The number of nitrogens with zero attached hydrogens (tertiary/aromatic N) is 1. The zero-order valence-corrected chi connectivity index (χ0v) is 12.0. The summed E-state index contributed by atoms with van der Waals surface area (Å²) in [6, 6.07) is 11.5. The molecule has 0 radical (unpaired) electrons. The number of nitro benzene ring substituents is 1. The number of anilines is 1. The lowest BCUT2D eigenvalue weighted by atomic mass is 10.1. The van der Waals surface area contributed by atoms with Gasteiger partial charge in [0.25, 0.3) is 0 Å². The fourth-order valence-corrected chi connectivity index (χ4v) is 2.59. The molecule has 5 nitrogen and oxygen atoms in total. The van der Waals surface area contributed by atoms with Gasteiger partial charge in [0, 0.05) is 29.8 Å². The smallest absolute Gasteiger partial charge is 0.311 e. The van der Waals surface area contributed by atoms with Crippen LogP contribution in [0.3, 0.4) is 0 Å². The highest BCUT2D eigenvalue weighted by Crippen LogP contribution is 2.43. The van der Waals surface area contributed by atoms with Gasteiger partial charge >= 0.3 is 5.69 Å². The normalized spacial score (nSPS) is 19.5. The number of hydrogen-bond donors (Lipinski definition) is 1. The summed E-state index contributed by atoms with van der Waals surface area (Å²) in [5.41, 5.74) is 1.66. The predicted molar refractivity (Wildman–Crippen MR) is 80.8 cm³/mol. The van der Waals surface area contributed by atoms with Crippen molar-refractivity contribution in [3.8, 4) is 5.75 Å². The third kappa shape index (κ3) is 2.86. The number of hydrogen-bond acceptors (Lipinski definition) is 4. The number of halogens is 1. The van der Waals surface area contributed by atoms with E-state index in [-0.39, 0.29) is 29.2 Å². The van der Waals surface area contributed by atoms with Crippen molar-refractivity contribution in [2.24, 2.45) is 0 Å². The van der Waals surface area contributed by atoms with Crippen molar-refractivity contribution in [1.82, 2.24) is 0 Å². The van der Waals surface area contributed by atoms with Gasteiger partial charge in [0.1, 0.15) is 5.82 Å². The Hall–Kier alpha value is -2.63. The van der Waals surface area contributed by atoms with E-state index in [1.165, 1.54) is 19.2 Å². The van der Waals surface area contributed by atoms with Crippen LogP contribution in [-0.4, -0.2) is 18.1 Å². The summed E-state index contributed by atoms with van der Waals surface area (Å²) in [6.45, 7) is 0. The molecule has 0 aliphatic heterocycles. The van der Waals surface area contributed by atoms with Crippen LogP contribution in [0.4, 0.5) is 15.8 Å². The lowest BCUT2D eigenvalue weighted by Crippen LogP contribution is -2.05. The first-order valence-electron chi connectivity index (χ1n) is 6.93. The van der Waals surface area contributed by atoms with E-state index in [1.54, 1.807) is 24.3 Å². The van der Waals surface area contributed by atoms with Gasteiger partial charge in [-0.1, -0.05) is 12.1 Å². The molecule has 6 heteroatoms. The molecule has 114 valence electrons. The van der Waals surface area contributed by atoms with E-state index in [4.69, 9.17) is 4.74 Å². The van der Waals surface area contributed by atoms with Crippen molar-refractivity contribution in [3.63, 3.8) is 0 Å². The van der Waals surface area contributed by atoms with E-state index in [9.17, 15) is 14.5 Å². The Morgan fingerprint density at radius 3 is 2.82 bits per heavy atom. The summed E-state index contributed by atoms with van der Waals surface area (Å²) in [6.07, 6.45) is 0.906. The second-order valence-corrected chi connectivity index (χ2v) is 5.29. The summed E-state index contributed by atoms with van der Waals surface area (Å²) in [7, 11) is 1.40. The fourth-order valence-electron chi connectivity index (χ4n) is 2.59. The lowest BCUT2D eigenvalue weighted by Gasteiger charge is -2.08. The Labute approximate surface area is 126 Å². The number of methoxy groups -OCH3 is 1.